The summed E-state index contributed by atoms with van der Waals surface area (Å²) in [5.74, 6) is -0.712. The Morgan fingerprint density at radius 1 is 1.35 bits per heavy atom. The Morgan fingerprint density at radius 2 is 2.19 bits per heavy atom. The van der Waals surface area contributed by atoms with Crippen molar-refractivity contribution in [2.45, 2.75) is 25.4 Å². The summed E-state index contributed by atoms with van der Waals surface area (Å²) in [6.45, 7) is -0.0656. The average Bonchev–Trinajstić information content (AvgIpc) is 3.39. The van der Waals surface area contributed by atoms with E-state index in [9.17, 15) is 8.78 Å². The molecule has 0 bridgehead atoms. The van der Waals surface area contributed by atoms with Crippen LogP contribution in [0.5, 0.6) is 0 Å². The van der Waals surface area contributed by atoms with Gasteiger partial charge in [0, 0.05) is 19.5 Å². The Morgan fingerprint density at radius 3 is 2.90 bits per heavy atom. The van der Waals surface area contributed by atoms with Gasteiger partial charge in [-0.2, -0.15) is 5.10 Å². The Labute approximate surface area is 176 Å². The van der Waals surface area contributed by atoms with Gasteiger partial charge in [-0.3, -0.25) is 4.68 Å². The van der Waals surface area contributed by atoms with Gasteiger partial charge in [0.05, 0.1) is 25.0 Å². The van der Waals surface area contributed by atoms with E-state index in [0.29, 0.717) is 29.1 Å². The largest absolute Gasteiger partial charge is 0.367 e. The van der Waals surface area contributed by atoms with Crippen molar-refractivity contribution in [2.24, 2.45) is 0 Å². The van der Waals surface area contributed by atoms with Gasteiger partial charge in [-0.1, -0.05) is 23.4 Å². The molecule has 0 saturated carbocycles. The summed E-state index contributed by atoms with van der Waals surface area (Å²) < 4.78 is 35.0. The lowest BCUT2D eigenvalue weighted by atomic mass is 10.0. The second-order valence-electron chi connectivity index (χ2n) is 7.06. The van der Waals surface area contributed by atoms with E-state index in [1.165, 1.54) is 18.2 Å². The number of alkyl halides is 1. The summed E-state index contributed by atoms with van der Waals surface area (Å²) in [7, 11) is 1.47. The molecule has 1 aliphatic carbocycles. The second-order valence-corrected chi connectivity index (χ2v) is 7.06. The number of aliphatic hydroxyl groups is 2. The summed E-state index contributed by atoms with van der Waals surface area (Å²) in [4.78, 5) is 9.46. The molecule has 0 amide bonds. The molecule has 0 saturated heterocycles. The highest BCUT2D eigenvalue weighted by Gasteiger charge is 2.21. The molecule has 3 heterocycles. The third-order valence-corrected chi connectivity index (χ3v) is 4.76. The first-order valence-electron chi connectivity index (χ1n) is 9.51. The Balaban J connectivity index is 1.73. The summed E-state index contributed by atoms with van der Waals surface area (Å²) >= 11 is 0. The first-order chi connectivity index (χ1) is 14.9. The molecular weight excluding hydrogens is 410 g/mol. The van der Waals surface area contributed by atoms with E-state index in [-0.39, 0.29) is 24.7 Å². The highest BCUT2D eigenvalue weighted by molar-refractivity contribution is 5.63. The lowest BCUT2D eigenvalue weighted by Crippen LogP contribution is -2.30. The summed E-state index contributed by atoms with van der Waals surface area (Å²) in [5, 5.41) is 26.7. The Hall–Kier alpha value is -3.44. The lowest BCUT2D eigenvalue weighted by Gasteiger charge is -2.19. The van der Waals surface area contributed by atoms with Gasteiger partial charge in [0.1, 0.15) is 23.8 Å². The predicted molar refractivity (Wildman–Crippen MR) is 107 cm³/mol. The van der Waals surface area contributed by atoms with Crippen LogP contribution in [0.4, 0.5) is 14.6 Å². The number of aliphatic hydroxyl groups excluding tert-OH is 1. The summed E-state index contributed by atoms with van der Waals surface area (Å²) in [5.41, 5.74) is 1.92. The summed E-state index contributed by atoms with van der Waals surface area (Å²) in [6.07, 6.45) is 5.19. The number of anilines is 1. The van der Waals surface area contributed by atoms with Crippen LogP contribution in [0.3, 0.4) is 0 Å². The highest BCUT2D eigenvalue weighted by atomic mass is 19.1. The quantitative estimate of drug-likeness (QED) is 0.548. The lowest BCUT2D eigenvalue weighted by molar-refractivity contribution is -0.0316. The van der Waals surface area contributed by atoms with Crippen LogP contribution in [0.25, 0.3) is 22.9 Å². The van der Waals surface area contributed by atoms with Crippen LogP contribution < -0.4 is 4.90 Å². The molecular formula is C20H20F2N6O3. The van der Waals surface area contributed by atoms with Gasteiger partial charge < -0.3 is 19.6 Å². The first kappa shape index (κ1) is 20.8. The van der Waals surface area contributed by atoms with Gasteiger partial charge in [-0.15, -0.1) is 0 Å². The van der Waals surface area contributed by atoms with Crippen LogP contribution in [0, 0.1) is 5.82 Å². The molecule has 0 radical (unpaired) electrons. The minimum absolute atomic E-state index is 0.111. The fraction of sp³-hybridized carbons (Fsp3) is 0.300. The molecule has 2 N–H and O–H groups in total. The molecule has 3 aromatic rings. The van der Waals surface area contributed by atoms with Crippen molar-refractivity contribution >= 4 is 5.82 Å². The molecule has 162 valence electrons. The van der Waals surface area contributed by atoms with Gasteiger partial charge in [-0.25, -0.2) is 18.7 Å². The standard InChI is InChI=1S/C20H20F2N6O3/c1-27(11-18(29)30)20-14(22)9-23-19(24-20)16-8-17(15-6-7-31-26-15)28(25-16)10-12-4-2-3-5-13(12)21/h2-4,6-9,13,18,29-30H,5,10-11H2,1H3. The van der Waals surface area contributed by atoms with Crippen molar-refractivity contribution in [3.05, 3.63) is 54.2 Å². The smallest absolute Gasteiger partial charge is 0.183 e. The molecule has 9 nitrogen and oxygen atoms in total. The van der Waals surface area contributed by atoms with Crippen molar-refractivity contribution in [2.75, 3.05) is 18.5 Å². The molecule has 1 aliphatic rings. The SMILES string of the molecule is CN(CC(O)O)c1nc(-c2cc(-c3ccon3)n(CC3=CC=CCC3F)n2)ncc1F. The van der Waals surface area contributed by atoms with Crippen molar-refractivity contribution in [1.29, 1.82) is 0 Å². The van der Waals surface area contributed by atoms with Crippen molar-refractivity contribution in [3.63, 3.8) is 0 Å². The number of allylic oxidation sites excluding steroid dienone is 4. The van der Waals surface area contributed by atoms with Gasteiger partial charge in [0.2, 0.25) is 0 Å². The third-order valence-electron chi connectivity index (χ3n) is 4.76. The third kappa shape index (κ3) is 4.52. The van der Waals surface area contributed by atoms with E-state index in [0.717, 1.165) is 6.20 Å². The Bertz CT molecular complexity index is 1110. The maximum Gasteiger partial charge on any atom is 0.183 e. The average molecular weight is 430 g/mol. The van der Waals surface area contributed by atoms with E-state index in [1.54, 1.807) is 35.0 Å². The fourth-order valence-electron chi connectivity index (χ4n) is 3.25. The van der Waals surface area contributed by atoms with Crippen molar-refractivity contribution in [3.8, 4) is 22.9 Å². The molecule has 11 heteroatoms. The summed E-state index contributed by atoms with van der Waals surface area (Å²) in [6, 6.07) is 3.30. The zero-order chi connectivity index (χ0) is 22.0. The number of halogens is 2. The predicted octanol–water partition coefficient (Wildman–Crippen LogP) is 2.11. The minimum atomic E-state index is -1.66. The minimum Gasteiger partial charge on any atom is -0.367 e. The maximum absolute atomic E-state index is 14.3. The number of likely N-dealkylation sites (N-methyl/N-ethyl adjacent to an activating group) is 1. The molecule has 0 fully saturated rings. The monoisotopic (exact) mass is 430 g/mol. The molecule has 3 aromatic heterocycles. The van der Waals surface area contributed by atoms with Crippen molar-refractivity contribution < 1.29 is 23.5 Å². The molecule has 0 aromatic carbocycles. The van der Waals surface area contributed by atoms with E-state index in [4.69, 9.17) is 14.7 Å². The zero-order valence-corrected chi connectivity index (χ0v) is 16.6. The van der Waals surface area contributed by atoms with Crippen LogP contribution >= 0.6 is 0 Å². The molecule has 0 spiro atoms. The zero-order valence-electron chi connectivity index (χ0n) is 16.6. The number of nitrogens with zero attached hydrogens (tertiary/aromatic N) is 6. The van der Waals surface area contributed by atoms with Gasteiger partial charge in [0.25, 0.3) is 0 Å². The van der Waals surface area contributed by atoms with E-state index < -0.39 is 18.3 Å². The van der Waals surface area contributed by atoms with Crippen LogP contribution in [0.15, 0.2) is 52.9 Å². The fourth-order valence-corrected chi connectivity index (χ4v) is 3.25. The molecule has 31 heavy (non-hydrogen) atoms. The van der Waals surface area contributed by atoms with E-state index in [1.807, 2.05) is 0 Å². The molecule has 1 atom stereocenters. The second kappa shape index (κ2) is 8.74. The first-order valence-corrected chi connectivity index (χ1v) is 9.51. The normalized spacial score (nSPS) is 16.1. The van der Waals surface area contributed by atoms with Crippen LogP contribution in [-0.4, -0.2) is 61.2 Å². The molecule has 0 aliphatic heterocycles. The number of rotatable bonds is 7. The highest BCUT2D eigenvalue weighted by Crippen LogP contribution is 2.27. The Kier molecular flexibility index (Phi) is 5.87. The molecule has 4 rings (SSSR count). The van der Waals surface area contributed by atoms with Crippen molar-refractivity contribution in [1.82, 2.24) is 24.9 Å². The van der Waals surface area contributed by atoms with Gasteiger partial charge in [0.15, 0.2) is 23.7 Å². The van der Waals surface area contributed by atoms with E-state index >= 15 is 0 Å². The van der Waals surface area contributed by atoms with Crippen LogP contribution in [0.1, 0.15) is 6.42 Å². The van der Waals surface area contributed by atoms with Crippen LogP contribution in [0.2, 0.25) is 0 Å². The van der Waals surface area contributed by atoms with Gasteiger partial charge in [-0.05, 0) is 11.6 Å². The van der Waals surface area contributed by atoms with E-state index in [2.05, 4.69) is 20.2 Å². The number of hydrogen-bond donors (Lipinski definition) is 2. The van der Waals surface area contributed by atoms with Crippen LogP contribution in [-0.2, 0) is 6.54 Å². The number of aromatic nitrogens is 5. The number of hydrogen-bond acceptors (Lipinski definition) is 8. The molecule has 1 unspecified atom stereocenters. The maximum atomic E-state index is 14.3. The topological polar surface area (TPSA) is 113 Å². The van der Waals surface area contributed by atoms with Gasteiger partial charge >= 0.3 is 0 Å².